The second-order valence-corrected chi connectivity index (χ2v) is 13.3. The third-order valence-corrected chi connectivity index (χ3v) is 9.79. The Morgan fingerprint density at radius 3 is 1.82 bits per heavy atom. The van der Waals surface area contributed by atoms with Gasteiger partial charge in [-0.15, -0.1) is 0 Å². The number of hydrogen-bond donors (Lipinski definition) is 1. The molecule has 226 valence electrons. The van der Waals surface area contributed by atoms with Crippen LogP contribution in [-0.2, 0) is 12.1 Å². The minimum Gasteiger partial charge on any atom is -0.312 e. The molecule has 1 aliphatic carbocycles. The van der Waals surface area contributed by atoms with Crippen molar-refractivity contribution in [2.45, 2.75) is 57.7 Å². The number of halogens is 1. The quantitative estimate of drug-likeness (QED) is 0.178. The predicted octanol–water partition coefficient (Wildman–Crippen LogP) is 9.74. The number of nitrogens with zero attached hydrogens (tertiary/aromatic N) is 2. The number of nitrogens with one attached hydrogen (secondary N) is 1. The average molecular weight is 594 g/mol. The fourth-order valence-electron chi connectivity index (χ4n) is 7.14. The molecule has 0 saturated heterocycles. The lowest BCUT2D eigenvalue weighted by Crippen LogP contribution is -2.37. The van der Waals surface area contributed by atoms with Crippen LogP contribution in [0.3, 0.4) is 0 Å². The molecule has 4 heteroatoms. The van der Waals surface area contributed by atoms with E-state index in [0.29, 0.717) is 23.6 Å². The van der Waals surface area contributed by atoms with E-state index >= 15 is 4.39 Å². The number of hydrogen-bond acceptors (Lipinski definition) is 2. The molecule has 0 spiro atoms. The van der Waals surface area contributed by atoms with Crippen molar-refractivity contribution in [3.05, 3.63) is 162 Å². The topological polar surface area (TPSA) is 29.9 Å². The van der Waals surface area contributed by atoms with E-state index in [1.54, 1.807) is 6.07 Å². The SMILES string of the molecule is CC1(C)CCC(NCc2ccc(-c3ccc4ncn(C(c5ccccc5)(c5ccccc5)c5ccccc5)c4c3)cc2F)CC1. The summed E-state index contributed by atoms with van der Waals surface area (Å²) in [4.78, 5) is 4.89. The Labute approximate surface area is 265 Å². The zero-order chi connectivity index (χ0) is 30.9. The van der Waals surface area contributed by atoms with Crippen LogP contribution in [0.2, 0.25) is 0 Å². The molecule has 0 bridgehead atoms. The fraction of sp³-hybridized carbons (Fsp3) is 0.244. The number of benzene rings is 5. The van der Waals surface area contributed by atoms with E-state index in [-0.39, 0.29) is 5.82 Å². The first-order valence-electron chi connectivity index (χ1n) is 16.1. The van der Waals surface area contributed by atoms with Crippen molar-refractivity contribution in [3.63, 3.8) is 0 Å². The molecule has 1 N–H and O–H groups in total. The third kappa shape index (κ3) is 5.60. The van der Waals surface area contributed by atoms with Gasteiger partial charge in [-0.3, -0.25) is 0 Å². The molecule has 0 amide bonds. The fourth-order valence-corrected chi connectivity index (χ4v) is 7.14. The minimum absolute atomic E-state index is 0.169. The Balaban J connectivity index is 1.29. The Bertz CT molecular complexity index is 1790. The van der Waals surface area contributed by atoms with Crippen LogP contribution in [0.15, 0.2) is 134 Å². The lowest BCUT2D eigenvalue weighted by atomic mass is 9.75. The highest BCUT2D eigenvalue weighted by molar-refractivity contribution is 5.83. The van der Waals surface area contributed by atoms with Crippen molar-refractivity contribution in [1.29, 1.82) is 0 Å². The molecule has 0 radical (unpaired) electrons. The molecule has 1 aliphatic rings. The average Bonchev–Trinajstić information content (AvgIpc) is 3.50. The van der Waals surface area contributed by atoms with Crippen LogP contribution in [0.1, 0.15) is 61.8 Å². The summed E-state index contributed by atoms with van der Waals surface area (Å²) < 4.78 is 17.8. The van der Waals surface area contributed by atoms with Crippen molar-refractivity contribution in [3.8, 4) is 11.1 Å². The summed E-state index contributed by atoms with van der Waals surface area (Å²) in [6, 6.07) is 44.2. The van der Waals surface area contributed by atoms with E-state index < -0.39 is 5.54 Å². The number of rotatable bonds is 8. The second-order valence-electron chi connectivity index (χ2n) is 13.3. The van der Waals surface area contributed by atoms with Crippen LogP contribution < -0.4 is 5.32 Å². The molecule has 0 atom stereocenters. The summed E-state index contributed by atoms with van der Waals surface area (Å²) in [5.41, 5.74) is 7.56. The monoisotopic (exact) mass is 593 g/mol. The van der Waals surface area contributed by atoms with E-state index in [0.717, 1.165) is 51.7 Å². The molecular formula is C41H40FN3. The van der Waals surface area contributed by atoms with Gasteiger partial charge in [-0.2, -0.15) is 0 Å². The van der Waals surface area contributed by atoms with Gasteiger partial charge in [0, 0.05) is 18.2 Å². The van der Waals surface area contributed by atoms with Crippen molar-refractivity contribution in [1.82, 2.24) is 14.9 Å². The van der Waals surface area contributed by atoms with Gasteiger partial charge < -0.3 is 9.88 Å². The summed E-state index contributed by atoms with van der Waals surface area (Å²) in [6.45, 7) is 5.24. The first-order chi connectivity index (χ1) is 21.9. The van der Waals surface area contributed by atoms with Gasteiger partial charge in [-0.25, -0.2) is 9.37 Å². The number of fused-ring (bicyclic) bond motifs is 1. The van der Waals surface area contributed by atoms with Gasteiger partial charge in [0.05, 0.1) is 17.4 Å². The van der Waals surface area contributed by atoms with E-state index in [9.17, 15) is 0 Å². The molecule has 1 aromatic heterocycles. The zero-order valence-electron chi connectivity index (χ0n) is 26.1. The predicted molar refractivity (Wildman–Crippen MR) is 183 cm³/mol. The smallest absolute Gasteiger partial charge is 0.128 e. The molecule has 1 saturated carbocycles. The van der Waals surface area contributed by atoms with E-state index in [1.165, 1.54) is 12.8 Å². The van der Waals surface area contributed by atoms with E-state index in [4.69, 9.17) is 4.98 Å². The van der Waals surface area contributed by atoms with Crippen LogP contribution in [0.25, 0.3) is 22.2 Å². The summed E-state index contributed by atoms with van der Waals surface area (Å²) in [5.74, 6) is -0.169. The van der Waals surface area contributed by atoms with Gasteiger partial charge in [0.15, 0.2) is 0 Å². The molecule has 0 unspecified atom stereocenters. The van der Waals surface area contributed by atoms with Gasteiger partial charge in [0.2, 0.25) is 0 Å². The van der Waals surface area contributed by atoms with Crippen LogP contribution in [0, 0.1) is 11.2 Å². The van der Waals surface area contributed by atoms with Gasteiger partial charge >= 0.3 is 0 Å². The normalized spacial score (nSPS) is 15.4. The molecule has 1 fully saturated rings. The minimum atomic E-state index is -0.674. The summed E-state index contributed by atoms with van der Waals surface area (Å²) >= 11 is 0. The largest absolute Gasteiger partial charge is 0.312 e. The van der Waals surface area contributed by atoms with Crippen molar-refractivity contribution in [2.75, 3.05) is 0 Å². The lowest BCUT2D eigenvalue weighted by molar-refractivity contribution is 0.205. The third-order valence-electron chi connectivity index (χ3n) is 9.79. The zero-order valence-corrected chi connectivity index (χ0v) is 26.1. The van der Waals surface area contributed by atoms with E-state index in [1.807, 2.05) is 30.6 Å². The molecule has 6 aromatic rings. The molecule has 0 aliphatic heterocycles. The maximum atomic E-state index is 15.5. The Morgan fingerprint density at radius 1 is 0.733 bits per heavy atom. The number of aromatic nitrogens is 2. The Kier molecular flexibility index (Phi) is 7.85. The second kappa shape index (κ2) is 12.1. The maximum absolute atomic E-state index is 15.5. The standard InChI is InChI=1S/C41H40FN3/c1-40(2)24-22-36(23-25-40)43-28-32-19-18-30(26-37(32)42)31-20-21-38-39(27-31)45(29-44-38)41(33-12-6-3-7-13-33,34-14-8-4-9-15-34)35-16-10-5-11-17-35/h3-21,26-27,29,36,43H,22-25,28H2,1-2H3. The van der Waals surface area contributed by atoms with Gasteiger partial charge in [-0.05, 0) is 77.1 Å². The van der Waals surface area contributed by atoms with Crippen LogP contribution in [0.5, 0.6) is 0 Å². The van der Waals surface area contributed by atoms with Crippen molar-refractivity contribution < 1.29 is 4.39 Å². The van der Waals surface area contributed by atoms with Crippen LogP contribution in [-0.4, -0.2) is 15.6 Å². The summed E-state index contributed by atoms with van der Waals surface area (Å²) in [7, 11) is 0. The highest BCUT2D eigenvalue weighted by Crippen LogP contribution is 2.43. The number of imidazole rings is 1. The Hall–Kier alpha value is -4.54. The Morgan fingerprint density at radius 2 is 1.27 bits per heavy atom. The molecule has 45 heavy (non-hydrogen) atoms. The molecule has 1 heterocycles. The summed E-state index contributed by atoms with van der Waals surface area (Å²) in [5, 5.41) is 3.62. The maximum Gasteiger partial charge on any atom is 0.128 e. The van der Waals surface area contributed by atoms with Crippen LogP contribution >= 0.6 is 0 Å². The van der Waals surface area contributed by atoms with Gasteiger partial charge in [0.1, 0.15) is 11.4 Å². The first-order valence-corrected chi connectivity index (χ1v) is 16.1. The van der Waals surface area contributed by atoms with Gasteiger partial charge in [-0.1, -0.05) is 123 Å². The highest BCUT2D eigenvalue weighted by Gasteiger charge is 2.39. The highest BCUT2D eigenvalue weighted by atomic mass is 19.1. The van der Waals surface area contributed by atoms with Crippen LogP contribution in [0.4, 0.5) is 4.39 Å². The van der Waals surface area contributed by atoms with Crippen molar-refractivity contribution in [2.24, 2.45) is 5.41 Å². The molecule has 3 nitrogen and oxygen atoms in total. The molecular weight excluding hydrogens is 553 g/mol. The lowest BCUT2D eigenvalue weighted by Gasteiger charge is -2.38. The van der Waals surface area contributed by atoms with E-state index in [2.05, 4.69) is 121 Å². The van der Waals surface area contributed by atoms with Crippen molar-refractivity contribution >= 4 is 11.0 Å². The molecule has 7 rings (SSSR count). The summed E-state index contributed by atoms with van der Waals surface area (Å²) in [6.07, 6.45) is 6.67. The first kappa shape index (κ1) is 29.2. The molecule has 5 aromatic carbocycles. The van der Waals surface area contributed by atoms with Gasteiger partial charge in [0.25, 0.3) is 0 Å².